The number of ether oxygens (including phenoxy) is 2. The fourth-order valence-corrected chi connectivity index (χ4v) is 1.23. The van der Waals surface area contributed by atoms with Crippen molar-refractivity contribution < 1.29 is 9.47 Å². The summed E-state index contributed by atoms with van der Waals surface area (Å²) in [4.78, 5) is 8.23. The highest BCUT2D eigenvalue weighted by Crippen LogP contribution is 2.11. The van der Waals surface area contributed by atoms with E-state index in [1.54, 1.807) is 19.4 Å². The Balaban J connectivity index is 1.99. The van der Waals surface area contributed by atoms with Gasteiger partial charge in [0.1, 0.15) is 12.4 Å². The van der Waals surface area contributed by atoms with Crippen molar-refractivity contribution in [3.63, 3.8) is 0 Å². The van der Waals surface area contributed by atoms with Crippen LogP contribution < -0.4 is 9.47 Å². The molecular formula is C12H12N2O2. The summed E-state index contributed by atoms with van der Waals surface area (Å²) in [5, 5.41) is 0. The molecule has 2 rings (SSSR count). The molecule has 0 N–H and O–H groups in total. The Kier molecular flexibility index (Phi) is 3.33. The van der Waals surface area contributed by atoms with Gasteiger partial charge in [0.2, 0.25) is 5.88 Å². The molecule has 0 fully saturated rings. The number of aromatic nitrogens is 2. The molecule has 0 saturated carbocycles. The second-order valence-electron chi connectivity index (χ2n) is 3.12. The molecule has 0 aliphatic carbocycles. The molecule has 1 heterocycles. The molecule has 1 aromatic carbocycles. The predicted octanol–water partition coefficient (Wildman–Crippen LogP) is 2.06. The van der Waals surface area contributed by atoms with Crippen molar-refractivity contribution in [2.75, 3.05) is 7.11 Å². The fraction of sp³-hybridized carbons (Fsp3) is 0.167. The van der Waals surface area contributed by atoms with Crippen LogP contribution in [0.2, 0.25) is 0 Å². The minimum Gasteiger partial charge on any atom is -0.486 e. The molecule has 0 saturated heterocycles. The molecule has 0 aliphatic rings. The van der Waals surface area contributed by atoms with Crippen molar-refractivity contribution in [3.05, 3.63) is 48.4 Å². The van der Waals surface area contributed by atoms with Crippen molar-refractivity contribution in [3.8, 4) is 11.6 Å². The maximum Gasteiger partial charge on any atom is 0.216 e. The van der Waals surface area contributed by atoms with Crippen LogP contribution in [-0.4, -0.2) is 17.1 Å². The first kappa shape index (κ1) is 10.4. The zero-order chi connectivity index (χ0) is 11.2. The molecule has 0 atom stereocenters. The molecular weight excluding hydrogens is 204 g/mol. The Hall–Kier alpha value is -2.10. The maximum atomic E-state index is 5.51. The Morgan fingerprint density at radius 1 is 1.12 bits per heavy atom. The molecule has 4 nitrogen and oxygen atoms in total. The van der Waals surface area contributed by atoms with Crippen LogP contribution in [-0.2, 0) is 6.61 Å². The molecule has 0 spiro atoms. The van der Waals surface area contributed by atoms with Gasteiger partial charge >= 0.3 is 0 Å². The number of nitrogens with zero attached hydrogens (tertiary/aromatic N) is 2. The highest BCUT2D eigenvalue weighted by atomic mass is 16.5. The summed E-state index contributed by atoms with van der Waals surface area (Å²) in [6.45, 7) is 0.335. The molecule has 0 aliphatic heterocycles. The number of benzene rings is 1. The van der Waals surface area contributed by atoms with Crippen molar-refractivity contribution in [1.82, 2.24) is 9.97 Å². The third kappa shape index (κ3) is 2.70. The van der Waals surface area contributed by atoms with Crippen LogP contribution in [0.3, 0.4) is 0 Å². The van der Waals surface area contributed by atoms with Gasteiger partial charge in [-0.25, -0.2) is 4.98 Å². The van der Waals surface area contributed by atoms with E-state index in [4.69, 9.17) is 9.47 Å². The summed E-state index contributed by atoms with van der Waals surface area (Å²) >= 11 is 0. The van der Waals surface area contributed by atoms with E-state index in [1.807, 2.05) is 30.3 Å². The highest BCUT2D eigenvalue weighted by Gasteiger charge is 2.00. The quantitative estimate of drug-likeness (QED) is 0.784. The topological polar surface area (TPSA) is 44.2 Å². The lowest BCUT2D eigenvalue weighted by Gasteiger charge is -2.05. The number of hydrogen-bond acceptors (Lipinski definition) is 4. The summed E-state index contributed by atoms with van der Waals surface area (Å²) < 4.78 is 10.5. The van der Waals surface area contributed by atoms with Crippen LogP contribution in [0.4, 0.5) is 0 Å². The van der Waals surface area contributed by atoms with Crippen molar-refractivity contribution in [1.29, 1.82) is 0 Å². The zero-order valence-corrected chi connectivity index (χ0v) is 8.96. The van der Waals surface area contributed by atoms with Crippen molar-refractivity contribution in [2.24, 2.45) is 0 Å². The lowest BCUT2D eigenvalue weighted by molar-refractivity contribution is 0.292. The Morgan fingerprint density at radius 2 is 1.94 bits per heavy atom. The summed E-state index contributed by atoms with van der Waals surface area (Å²) in [5.74, 6) is 1.94. The summed E-state index contributed by atoms with van der Waals surface area (Å²) in [7, 11) is 1.57. The van der Waals surface area contributed by atoms with Crippen LogP contribution >= 0.6 is 0 Å². The summed E-state index contributed by atoms with van der Waals surface area (Å²) in [5.41, 5.74) is 0. The van der Waals surface area contributed by atoms with Crippen LogP contribution in [0, 0.1) is 0 Å². The monoisotopic (exact) mass is 216 g/mol. The highest BCUT2D eigenvalue weighted by molar-refractivity contribution is 5.21. The van der Waals surface area contributed by atoms with Gasteiger partial charge in [-0.3, -0.25) is 0 Å². The Morgan fingerprint density at radius 3 is 2.69 bits per heavy atom. The molecule has 0 radical (unpaired) electrons. The minimum atomic E-state index is 0.335. The molecule has 0 unspecified atom stereocenters. The van der Waals surface area contributed by atoms with Gasteiger partial charge < -0.3 is 9.47 Å². The predicted molar refractivity (Wildman–Crippen MR) is 59.4 cm³/mol. The minimum absolute atomic E-state index is 0.335. The number of para-hydroxylation sites is 1. The van der Waals surface area contributed by atoms with E-state index in [0.717, 1.165) is 5.75 Å². The fourth-order valence-electron chi connectivity index (χ4n) is 1.23. The van der Waals surface area contributed by atoms with Crippen LogP contribution in [0.25, 0.3) is 0 Å². The average molecular weight is 216 g/mol. The molecule has 0 bridgehead atoms. The molecule has 82 valence electrons. The second kappa shape index (κ2) is 5.11. The van der Waals surface area contributed by atoms with Gasteiger partial charge in [-0.2, -0.15) is 4.98 Å². The molecule has 1 aromatic heterocycles. The summed E-state index contributed by atoms with van der Waals surface area (Å²) in [6.07, 6.45) is 1.65. The third-order valence-electron chi connectivity index (χ3n) is 2.00. The lowest BCUT2D eigenvalue weighted by Crippen LogP contribution is -2.02. The van der Waals surface area contributed by atoms with Crippen LogP contribution in [0.1, 0.15) is 5.82 Å². The molecule has 16 heavy (non-hydrogen) atoms. The zero-order valence-electron chi connectivity index (χ0n) is 8.96. The van der Waals surface area contributed by atoms with Crippen molar-refractivity contribution >= 4 is 0 Å². The van der Waals surface area contributed by atoms with Gasteiger partial charge in [-0.15, -0.1) is 0 Å². The van der Waals surface area contributed by atoms with E-state index in [0.29, 0.717) is 18.3 Å². The van der Waals surface area contributed by atoms with Crippen molar-refractivity contribution in [2.45, 2.75) is 6.61 Å². The van der Waals surface area contributed by atoms with E-state index in [2.05, 4.69) is 9.97 Å². The number of methoxy groups -OCH3 is 1. The van der Waals surface area contributed by atoms with Crippen LogP contribution in [0.5, 0.6) is 11.6 Å². The molecule has 4 heteroatoms. The van der Waals surface area contributed by atoms with Gasteiger partial charge in [0, 0.05) is 12.3 Å². The van der Waals surface area contributed by atoms with Gasteiger partial charge in [0.15, 0.2) is 5.82 Å². The normalized spacial score (nSPS) is 9.81. The Labute approximate surface area is 93.9 Å². The second-order valence-corrected chi connectivity index (χ2v) is 3.12. The van der Waals surface area contributed by atoms with Gasteiger partial charge in [0.05, 0.1) is 7.11 Å². The summed E-state index contributed by atoms with van der Waals surface area (Å²) in [6, 6.07) is 11.3. The van der Waals surface area contributed by atoms with Gasteiger partial charge in [-0.05, 0) is 12.1 Å². The lowest BCUT2D eigenvalue weighted by atomic mass is 10.3. The van der Waals surface area contributed by atoms with E-state index < -0.39 is 0 Å². The first-order valence-electron chi connectivity index (χ1n) is 4.92. The Bertz CT molecular complexity index is 446. The smallest absolute Gasteiger partial charge is 0.216 e. The molecule has 2 aromatic rings. The largest absolute Gasteiger partial charge is 0.486 e. The van der Waals surface area contributed by atoms with Gasteiger partial charge in [0.25, 0.3) is 0 Å². The third-order valence-corrected chi connectivity index (χ3v) is 2.00. The van der Waals surface area contributed by atoms with E-state index in [9.17, 15) is 0 Å². The first-order chi connectivity index (χ1) is 7.88. The van der Waals surface area contributed by atoms with E-state index in [-0.39, 0.29) is 0 Å². The SMILES string of the molecule is COc1ccnc(COc2ccccc2)n1. The average Bonchev–Trinajstić information content (AvgIpc) is 2.38. The number of rotatable bonds is 4. The standard InChI is InChI=1S/C12H12N2O2/c1-15-12-7-8-13-11(14-12)9-16-10-5-3-2-4-6-10/h2-8H,9H2,1H3. The first-order valence-corrected chi connectivity index (χ1v) is 4.92. The van der Waals surface area contributed by atoms with E-state index in [1.165, 1.54) is 0 Å². The number of hydrogen-bond donors (Lipinski definition) is 0. The van der Waals surface area contributed by atoms with Crippen LogP contribution in [0.15, 0.2) is 42.6 Å². The van der Waals surface area contributed by atoms with E-state index >= 15 is 0 Å². The molecule has 0 amide bonds. The maximum absolute atomic E-state index is 5.51. The van der Waals surface area contributed by atoms with Gasteiger partial charge in [-0.1, -0.05) is 18.2 Å².